The third-order valence-electron chi connectivity index (χ3n) is 2.42. The van der Waals surface area contributed by atoms with E-state index in [1.807, 2.05) is 20.0 Å². The van der Waals surface area contributed by atoms with Gasteiger partial charge in [0, 0.05) is 19.7 Å². The minimum Gasteiger partial charge on any atom is -0.370 e. The summed E-state index contributed by atoms with van der Waals surface area (Å²) in [6.07, 6.45) is 1.05. The van der Waals surface area contributed by atoms with Gasteiger partial charge in [0.05, 0.1) is 5.69 Å². The standard InChI is InChI=1S/C11H15BrN6/c1-4-5-13-9-6-8(14-7(2)15-9)10-11(12)16-17-18(10)3/h6H,4-5H2,1-3H3,(H,13,14,15). The lowest BCUT2D eigenvalue weighted by molar-refractivity contribution is 0.718. The lowest BCUT2D eigenvalue weighted by Gasteiger charge is -2.07. The molecular weight excluding hydrogens is 296 g/mol. The maximum atomic E-state index is 4.42. The van der Waals surface area contributed by atoms with E-state index in [-0.39, 0.29) is 0 Å². The number of nitrogens with one attached hydrogen (secondary N) is 1. The van der Waals surface area contributed by atoms with Gasteiger partial charge in [0.1, 0.15) is 17.3 Å². The van der Waals surface area contributed by atoms with Crippen molar-refractivity contribution in [2.24, 2.45) is 7.05 Å². The Bertz CT molecular complexity index is 531. The highest BCUT2D eigenvalue weighted by molar-refractivity contribution is 9.10. The van der Waals surface area contributed by atoms with Gasteiger partial charge in [-0.15, -0.1) is 5.10 Å². The second-order valence-electron chi connectivity index (χ2n) is 3.96. The molecule has 18 heavy (non-hydrogen) atoms. The van der Waals surface area contributed by atoms with Crippen molar-refractivity contribution in [1.29, 1.82) is 0 Å². The van der Waals surface area contributed by atoms with E-state index in [0.29, 0.717) is 4.60 Å². The predicted octanol–water partition coefficient (Wildman–Crippen LogP) is 2.16. The van der Waals surface area contributed by atoms with Gasteiger partial charge >= 0.3 is 0 Å². The molecule has 0 aliphatic heterocycles. The molecule has 6 nitrogen and oxygen atoms in total. The van der Waals surface area contributed by atoms with Gasteiger partial charge in [0.15, 0.2) is 4.60 Å². The Balaban J connectivity index is 2.42. The van der Waals surface area contributed by atoms with E-state index in [1.165, 1.54) is 0 Å². The van der Waals surface area contributed by atoms with Gasteiger partial charge in [0.25, 0.3) is 0 Å². The van der Waals surface area contributed by atoms with Crippen LogP contribution in [0.25, 0.3) is 11.4 Å². The zero-order valence-electron chi connectivity index (χ0n) is 10.6. The molecule has 2 rings (SSSR count). The van der Waals surface area contributed by atoms with Crippen LogP contribution in [0.5, 0.6) is 0 Å². The molecule has 0 atom stereocenters. The van der Waals surface area contributed by atoms with Gasteiger partial charge in [-0.05, 0) is 29.3 Å². The van der Waals surface area contributed by atoms with Crippen LogP contribution in [-0.4, -0.2) is 31.5 Å². The molecule has 0 aromatic carbocycles. The summed E-state index contributed by atoms with van der Waals surface area (Å²) >= 11 is 3.38. The SMILES string of the molecule is CCCNc1cc(-c2c(Br)nnn2C)nc(C)n1. The normalized spacial score (nSPS) is 10.7. The topological polar surface area (TPSA) is 68.5 Å². The zero-order valence-corrected chi connectivity index (χ0v) is 12.2. The molecule has 0 saturated carbocycles. The van der Waals surface area contributed by atoms with Crippen molar-refractivity contribution in [3.63, 3.8) is 0 Å². The van der Waals surface area contributed by atoms with Crippen LogP contribution in [-0.2, 0) is 7.05 Å². The van der Waals surface area contributed by atoms with Crippen LogP contribution in [0.4, 0.5) is 5.82 Å². The molecule has 0 aliphatic rings. The summed E-state index contributed by atoms with van der Waals surface area (Å²) in [5.74, 6) is 1.55. The van der Waals surface area contributed by atoms with Crippen molar-refractivity contribution in [2.75, 3.05) is 11.9 Å². The van der Waals surface area contributed by atoms with Crippen LogP contribution in [0.3, 0.4) is 0 Å². The van der Waals surface area contributed by atoms with E-state index in [2.05, 4.69) is 48.5 Å². The molecule has 2 heterocycles. The number of hydrogen-bond acceptors (Lipinski definition) is 5. The van der Waals surface area contributed by atoms with Crippen molar-refractivity contribution < 1.29 is 0 Å². The molecule has 0 unspecified atom stereocenters. The maximum absolute atomic E-state index is 4.42. The van der Waals surface area contributed by atoms with Crippen LogP contribution < -0.4 is 5.32 Å². The van der Waals surface area contributed by atoms with E-state index in [4.69, 9.17) is 0 Å². The van der Waals surface area contributed by atoms with E-state index in [0.717, 1.165) is 36.0 Å². The molecule has 1 N–H and O–H groups in total. The number of aromatic nitrogens is 5. The molecule has 7 heteroatoms. The van der Waals surface area contributed by atoms with E-state index in [9.17, 15) is 0 Å². The quantitative estimate of drug-likeness (QED) is 0.937. The van der Waals surface area contributed by atoms with E-state index < -0.39 is 0 Å². The molecule has 0 saturated heterocycles. The van der Waals surface area contributed by atoms with Gasteiger partial charge in [0.2, 0.25) is 0 Å². The van der Waals surface area contributed by atoms with Crippen molar-refractivity contribution in [3.05, 3.63) is 16.5 Å². The summed E-state index contributed by atoms with van der Waals surface area (Å²) in [6, 6.07) is 1.91. The highest BCUT2D eigenvalue weighted by Crippen LogP contribution is 2.25. The van der Waals surface area contributed by atoms with Crippen molar-refractivity contribution in [2.45, 2.75) is 20.3 Å². The molecule has 0 fully saturated rings. The maximum Gasteiger partial charge on any atom is 0.157 e. The Morgan fingerprint density at radius 3 is 2.78 bits per heavy atom. The first-order valence-electron chi connectivity index (χ1n) is 5.77. The molecule has 2 aromatic heterocycles. The summed E-state index contributed by atoms with van der Waals surface area (Å²) in [6.45, 7) is 4.88. The first kappa shape index (κ1) is 12.9. The average Bonchev–Trinajstić information content (AvgIpc) is 2.66. The Morgan fingerprint density at radius 1 is 1.39 bits per heavy atom. The lowest BCUT2D eigenvalue weighted by atomic mass is 10.3. The Hall–Kier alpha value is -1.50. The van der Waals surface area contributed by atoms with E-state index >= 15 is 0 Å². The number of rotatable bonds is 4. The minimum absolute atomic E-state index is 0.685. The molecule has 96 valence electrons. The van der Waals surface area contributed by atoms with Crippen LogP contribution in [0.15, 0.2) is 10.7 Å². The summed E-state index contributed by atoms with van der Waals surface area (Å²) in [7, 11) is 1.84. The fraction of sp³-hybridized carbons (Fsp3) is 0.455. The molecule has 0 bridgehead atoms. The number of anilines is 1. The predicted molar refractivity (Wildman–Crippen MR) is 73.2 cm³/mol. The number of halogens is 1. The van der Waals surface area contributed by atoms with Crippen LogP contribution in [0, 0.1) is 6.92 Å². The zero-order chi connectivity index (χ0) is 13.1. The summed E-state index contributed by atoms with van der Waals surface area (Å²) in [5.41, 5.74) is 1.65. The molecule has 0 spiro atoms. The van der Waals surface area contributed by atoms with Gasteiger partial charge < -0.3 is 5.32 Å². The van der Waals surface area contributed by atoms with Gasteiger partial charge in [-0.1, -0.05) is 12.1 Å². The fourth-order valence-electron chi connectivity index (χ4n) is 1.64. The average molecular weight is 311 g/mol. The molecule has 0 amide bonds. The Labute approximate surface area is 114 Å². The van der Waals surface area contributed by atoms with Gasteiger partial charge in [-0.2, -0.15) is 0 Å². The summed E-state index contributed by atoms with van der Waals surface area (Å²) in [4.78, 5) is 8.78. The van der Waals surface area contributed by atoms with Crippen molar-refractivity contribution in [3.8, 4) is 11.4 Å². The Kier molecular flexibility index (Phi) is 3.90. The van der Waals surface area contributed by atoms with E-state index in [1.54, 1.807) is 4.68 Å². The second kappa shape index (κ2) is 5.43. The van der Waals surface area contributed by atoms with Crippen molar-refractivity contribution in [1.82, 2.24) is 25.0 Å². The van der Waals surface area contributed by atoms with Crippen molar-refractivity contribution >= 4 is 21.7 Å². The van der Waals surface area contributed by atoms with Crippen LogP contribution in [0.2, 0.25) is 0 Å². The third-order valence-corrected chi connectivity index (χ3v) is 2.96. The highest BCUT2D eigenvalue weighted by atomic mass is 79.9. The number of hydrogen-bond donors (Lipinski definition) is 1. The number of nitrogens with zero attached hydrogens (tertiary/aromatic N) is 5. The lowest BCUT2D eigenvalue weighted by Crippen LogP contribution is -2.05. The van der Waals surface area contributed by atoms with Gasteiger partial charge in [-0.25, -0.2) is 14.6 Å². The summed E-state index contributed by atoms with van der Waals surface area (Å²) < 4.78 is 2.37. The fourth-order valence-corrected chi connectivity index (χ4v) is 2.17. The second-order valence-corrected chi connectivity index (χ2v) is 4.72. The molecule has 2 aromatic rings. The summed E-state index contributed by atoms with van der Waals surface area (Å²) in [5, 5.41) is 11.2. The monoisotopic (exact) mass is 310 g/mol. The number of aryl methyl sites for hydroxylation is 2. The molecule has 0 aliphatic carbocycles. The van der Waals surface area contributed by atoms with Gasteiger partial charge in [-0.3, -0.25) is 0 Å². The first-order valence-corrected chi connectivity index (χ1v) is 6.56. The van der Waals surface area contributed by atoms with Crippen LogP contribution in [0.1, 0.15) is 19.2 Å². The van der Waals surface area contributed by atoms with Crippen LogP contribution >= 0.6 is 15.9 Å². The molecule has 0 radical (unpaired) electrons. The minimum atomic E-state index is 0.685. The Morgan fingerprint density at radius 2 is 2.17 bits per heavy atom. The largest absolute Gasteiger partial charge is 0.370 e. The third kappa shape index (κ3) is 2.66. The highest BCUT2D eigenvalue weighted by Gasteiger charge is 2.13. The smallest absolute Gasteiger partial charge is 0.157 e. The first-order chi connectivity index (χ1) is 8.61. The molecular formula is C11H15BrN6.